The van der Waals surface area contributed by atoms with E-state index in [4.69, 9.17) is 4.74 Å². The van der Waals surface area contributed by atoms with E-state index in [0.29, 0.717) is 6.42 Å². The molecule has 4 aliphatic rings. The standard InChI is InChI=1S/C13H20O3/c1-9-11(14)10-5-8-13(9,15)16-12(10)6-3-2-4-7-12/h9-10,15H,2-8H2,1H3. The second kappa shape index (κ2) is 3.30. The van der Waals surface area contributed by atoms with Crippen LogP contribution in [0.25, 0.3) is 0 Å². The van der Waals surface area contributed by atoms with Gasteiger partial charge in [0.1, 0.15) is 5.78 Å². The minimum Gasteiger partial charge on any atom is -0.365 e. The molecule has 2 heterocycles. The lowest BCUT2D eigenvalue weighted by molar-refractivity contribution is -0.345. The van der Waals surface area contributed by atoms with Crippen molar-refractivity contribution in [3.63, 3.8) is 0 Å². The van der Waals surface area contributed by atoms with Gasteiger partial charge in [0.2, 0.25) is 0 Å². The Kier molecular flexibility index (Phi) is 2.21. The van der Waals surface area contributed by atoms with Gasteiger partial charge < -0.3 is 9.84 Å². The van der Waals surface area contributed by atoms with Crippen LogP contribution in [0.1, 0.15) is 51.9 Å². The number of carbonyl (C=O) groups is 1. The van der Waals surface area contributed by atoms with Crippen molar-refractivity contribution in [3.8, 4) is 0 Å². The molecule has 2 aliphatic carbocycles. The highest BCUT2D eigenvalue weighted by atomic mass is 16.6. The van der Waals surface area contributed by atoms with Crippen molar-refractivity contribution >= 4 is 5.78 Å². The van der Waals surface area contributed by atoms with E-state index in [9.17, 15) is 9.90 Å². The molecule has 3 atom stereocenters. The van der Waals surface area contributed by atoms with Crippen LogP contribution in [0.2, 0.25) is 0 Å². The molecule has 1 N–H and O–H groups in total. The first-order valence-corrected chi connectivity index (χ1v) is 6.54. The minimum atomic E-state index is -1.16. The quantitative estimate of drug-likeness (QED) is 0.684. The highest BCUT2D eigenvalue weighted by Crippen LogP contribution is 2.54. The molecule has 0 aromatic heterocycles. The zero-order valence-corrected chi connectivity index (χ0v) is 9.87. The number of carbonyl (C=O) groups excluding carboxylic acids is 1. The molecule has 0 radical (unpaired) electrons. The number of hydrogen-bond donors (Lipinski definition) is 1. The molecule has 0 amide bonds. The van der Waals surface area contributed by atoms with Crippen LogP contribution in [0, 0.1) is 11.8 Å². The second-order valence-corrected chi connectivity index (χ2v) is 5.79. The van der Waals surface area contributed by atoms with Crippen LogP contribution in [0.15, 0.2) is 0 Å². The highest BCUT2D eigenvalue weighted by Gasteiger charge is 2.62. The van der Waals surface area contributed by atoms with Crippen LogP contribution in [0.4, 0.5) is 0 Å². The van der Waals surface area contributed by atoms with Gasteiger partial charge in [-0.1, -0.05) is 26.2 Å². The average Bonchev–Trinajstić information content (AvgIpc) is 2.26. The summed E-state index contributed by atoms with van der Waals surface area (Å²) >= 11 is 0. The molecule has 3 heteroatoms. The summed E-state index contributed by atoms with van der Waals surface area (Å²) in [4.78, 5) is 12.2. The molecule has 0 aromatic rings. The molecule has 16 heavy (non-hydrogen) atoms. The Bertz CT molecular complexity index is 319. The molecule has 2 aliphatic heterocycles. The minimum absolute atomic E-state index is 0.0526. The largest absolute Gasteiger partial charge is 0.365 e. The first-order chi connectivity index (χ1) is 7.57. The van der Waals surface area contributed by atoms with E-state index >= 15 is 0 Å². The topological polar surface area (TPSA) is 46.5 Å². The zero-order valence-electron chi connectivity index (χ0n) is 9.87. The van der Waals surface area contributed by atoms with Gasteiger partial charge in [-0.05, 0) is 19.3 Å². The summed E-state index contributed by atoms with van der Waals surface area (Å²) in [5.74, 6) is -1.21. The lowest BCUT2D eigenvalue weighted by atomic mass is 9.61. The van der Waals surface area contributed by atoms with E-state index in [-0.39, 0.29) is 23.2 Å². The molecule has 4 fully saturated rings. The second-order valence-electron chi connectivity index (χ2n) is 5.79. The molecular weight excluding hydrogens is 204 g/mol. The van der Waals surface area contributed by atoms with Gasteiger partial charge in [0.05, 0.1) is 11.5 Å². The maximum atomic E-state index is 12.2. The van der Waals surface area contributed by atoms with Crippen molar-refractivity contribution in [2.45, 2.75) is 63.3 Å². The van der Waals surface area contributed by atoms with Crippen molar-refractivity contribution < 1.29 is 14.6 Å². The number of Topliss-reactive ketones (excluding diaryl/α,β-unsaturated/α-hetero) is 1. The van der Waals surface area contributed by atoms with Gasteiger partial charge in [-0.2, -0.15) is 0 Å². The number of aliphatic hydroxyl groups is 1. The van der Waals surface area contributed by atoms with Gasteiger partial charge in [-0.15, -0.1) is 0 Å². The van der Waals surface area contributed by atoms with Gasteiger partial charge in [-0.25, -0.2) is 0 Å². The Balaban J connectivity index is 1.96. The number of fused-ring (bicyclic) bond motifs is 2. The molecule has 3 unspecified atom stereocenters. The first-order valence-electron chi connectivity index (χ1n) is 6.54. The summed E-state index contributed by atoms with van der Waals surface area (Å²) < 4.78 is 6.02. The van der Waals surface area contributed by atoms with Crippen molar-refractivity contribution in [1.82, 2.24) is 0 Å². The van der Waals surface area contributed by atoms with Crippen LogP contribution in [-0.4, -0.2) is 22.3 Å². The van der Waals surface area contributed by atoms with Gasteiger partial charge in [0.25, 0.3) is 0 Å². The van der Waals surface area contributed by atoms with Crippen LogP contribution < -0.4 is 0 Å². The Hall–Kier alpha value is -0.410. The summed E-state index contributed by atoms with van der Waals surface area (Å²) in [7, 11) is 0. The Labute approximate surface area is 96.2 Å². The maximum Gasteiger partial charge on any atom is 0.175 e. The van der Waals surface area contributed by atoms with Crippen LogP contribution in [0.3, 0.4) is 0 Å². The van der Waals surface area contributed by atoms with Crippen LogP contribution in [-0.2, 0) is 9.53 Å². The molecule has 2 bridgehead atoms. The zero-order chi connectivity index (χ0) is 11.4. The van der Waals surface area contributed by atoms with E-state index in [1.807, 2.05) is 6.92 Å². The molecule has 90 valence electrons. The third-order valence-corrected chi connectivity index (χ3v) is 4.95. The van der Waals surface area contributed by atoms with E-state index in [0.717, 1.165) is 32.1 Å². The van der Waals surface area contributed by atoms with E-state index < -0.39 is 5.79 Å². The smallest absolute Gasteiger partial charge is 0.175 e. The van der Waals surface area contributed by atoms with Crippen LogP contribution in [0.5, 0.6) is 0 Å². The SMILES string of the molecule is CC1C(=O)C2CCC1(O)OC21CCCCC1. The van der Waals surface area contributed by atoms with Crippen molar-refractivity contribution in [2.24, 2.45) is 11.8 Å². The summed E-state index contributed by atoms with van der Waals surface area (Å²) in [6.45, 7) is 1.81. The summed E-state index contributed by atoms with van der Waals surface area (Å²) in [6, 6.07) is 0. The van der Waals surface area contributed by atoms with Gasteiger partial charge >= 0.3 is 0 Å². The highest BCUT2D eigenvalue weighted by molar-refractivity contribution is 5.87. The van der Waals surface area contributed by atoms with Crippen molar-refractivity contribution in [2.75, 3.05) is 0 Å². The Morgan fingerprint density at radius 1 is 1.25 bits per heavy atom. The summed E-state index contributed by atoms with van der Waals surface area (Å²) in [5.41, 5.74) is -0.311. The number of ether oxygens (including phenoxy) is 1. The first kappa shape index (κ1) is 10.7. The van der Waals surface area contributed by atoms with E-state index in [2.05, 4.69) is 0 Å². The number of rotatable bonds is 0. The number of hydrogen-bond acceptors (Lipinski definition) is 3. The molecule has 2 saturated carbocycles. The van der Waals surface area contributed by atoms with Crippen LogP contribution >= 0.6 is 0 Å². The lowest BCUT2D eigenvalue weighted by Crippen LogP contribution is -2.66. The molecular formula is C13H20O3. The fraction of sp³-hybridized carbons (Fsp3) is 0.923. The van der Waals surface area contributed by atoms with Gasteiger partial charge in [-0.3, -0.25) is 4.79 Å². The predicted octanol–water partition coefficient (Wildman–Crippen LogP) is 2.02. The molecule has 3 nitrogen and oxygen atoms in total. The van der Waals surface area contributed by atoms with Crippen molar-refractivity contribution in [1.29, 1.82) is 0 Å². The summed E-state index contributed by atoms with van der Waals surface area (Å²) in [5, 5.41) is 10.4. The fourth-order valence-corrected chi connectivity index (χ4v) is 3.92. The normalized spacial score (nSPS) is 46.2. The molecule has 0 aromatic carbocycles. The molecule has 2 saturated heterocycles. The number of ketones is 1. The predicted molar refractivity (Wildman–Crippen MR) is 58.7 cm³/mol. The average molecular weight is 224 g/mol. The van der Waals surface area contributed by atoms with E-state index in [1.165, 1.54) is 6.42 Å². The Morgan fingerprint density at radius 3 is 2.56 bits per heavy atom. The molecule has 1 spiro atoms. The fourth-order valence-electron chi connectivity index (χ4n) is 3.92. The molecule has 4 rings (SSSR count). The van der Waals surface area contributed by atoms with E-state index in [1.54, 1.807) is 0 Å². The third kappa shape index (κ3) is 1.25. The van der Waals surface area contributed by atoms with Crippen molar-refractivity contribution in [3.05, 3.63) is 0 Å². The van der Waals surface area contributed by atoms with Gasteiger partial charge in [0.15, 0.2) is 5.79 Å². The summed E-state index contributed by atoms with van der Waals surface area (Å²) in [6.07, 6.45) is 6.87. The lowest BCUT2D eigenvalue weighted by Gasteiger charge is -2.58. The Morgan fingerprint density at radius 2 is 1.94 bits per heavy atom. The third-order valence-electron chi connectivity index (χ3n) is 4.95. The van der Waals surface area contributed by atoms with Gasteiger partial charge in [0, 0.05) is 12.3 Å². The monoisotopic (exact) mass is 224 g/mol. The maximum absolute atomic E-state index is 12.2.